The number of carbonyl (C=O) groups is 2. The average molecular weight is 562 g/mol. The number of ether oxygens (including phenoxy) is 1. The molecular formula is C30H22F3N3O5. The minimum atomic E-state index is -4.55. The van der Waals surface area contributed by atoms with Crippen LogP contribution in [0.2, 0.25) is 0 Å². The van der Waals surface area contributed by atoms with Crippen molar-refractivity contribution in [2.45, 2.75) is 26.1 Å². The highest BCUT2D eigenvalue weighted by Gasteiger charge is 2.31. The van der Waals surface area contributed by atoms with Gasteiger partial charge >= 0.3 is 18.1 Å². The van der Waals surface area contributed by atoms with E-state index in [4.69, 9.17) is 4.74 Å². The van der Waals surface area contributed by atoms with E-state index < -0.39 is 23.7 Å². The van der Waals surface area contributed by atoms with E-state index in [9.17, 15) is 33.0 Å². The number of aromatic carboxylic acids is 2. The Hall–Kier alpha value is -5.19. The lowest BCUT2D eigenvalue weighted by molar-refractivity contribution is -0.137. The van der Waals surface area contributed by atoms with Crippen LogP contribution in [-0.4, -0.2) is 42.8 Å². The predicted molar refractivity (Wildman–Crippen MR) is 144 cm³/mol. The number of fused-ring (bicyclic) bond motifs is 1. The summed E-state index contributed by atoms with van der Waals surface area (Å²) in [5, 5.41) is 20.4. The van der Waals surface area contributed by atoms with Crippen LogP contribution in [0.15, 0.2) is 79.3 Å². The topological polar surface area (TPSA) is 115 Å². The number of carboxylic acids is 2. The van der Waals surface area contributed by atoms with Crippen LogP contribution in [0.5, 0.6) is 5.75 Å². The molecule has 0 fully saturated rings. The van der Waals surface area contributed by atoms with Crippen molar-refractivity contribution in [3.63, 3.8) is 0 Å². The van der Waals surface area contributed by atoms with Crippen molar-refractivity contribution < 1.29 is 37.7 Å². The lowest BCUT2D eigenvalue weighted by Crippen LogP contribution is -2.09. The normalized spacial score (nSPS) is 11.7. The number of nitrogens with zero attached hydrogens (tertiary/aromatic N) is 3. The highest BCUT2D eigenvalue weighted by Crippen LogP contribution is 2.39. The Labute approximate surface area is 231 Å². The first-order valence-corrected chi connectivity index (χ1v) is 12.3. The quantitative estimate of drug-likeness (QED) is 0.221. The number of hydrogen-bond donors (Lipinski definition) is 2. The summed E-state index contributed by atoms with van der Waals surface area (Å²) in [5.41, 5.74) is 0.873. The maximum absolute atomic E-state index is 13.1. The minimum Gasteiger partial charge on any atom is -0.491 e. The van der Waals surface area contributed by atoms with Crippen molar-refractivity contribution >= 4 is 22.8 Å². The summed E-state index contributed by atoms with van der Waals surface area (Å²) in [6.07, 6.45) is -1.37. The van der Waals surface area contributed by atoms with Gasteiger partial charge < -0.3 is 19.5 Å². The molecule has 11 heteroatoms. The lowest BCUT2D eigenvalue weighted by Gasteiger charge is -2.13. The molecule has 0 spiro atoms. The Balaban J connectivity index is 1.78. The molecule has 0 saturated carbocycles. The molecule has 3 aromatic heterocycles. The van der Waals surface area contributed by atoms with Gasteiger partial charge in [-0.25, -0.2) is 9.59 Å². The van der Waals surface area contributed by atoms with Crippen LogP contribution in [0.25, 0.3) is 39.0 Å². The Morgan fingerprint density at radius 2 is 1.61 bits per heavy atom. The molecule has 0 atom stereocenters. The fourth-order valence-electron chi connectivity index (χ4n) is 4.59. The molecule has 0 bridgehead atoms. The van der Waals surface area contributed by atoms with Gasteiger partial charge in [0.1, 0.15) is 11.4 Å². The van der Waals surface area contributed by atoms with Crippen molar-refractivity contribution in [2.75, 3.05) is 0 Å². The van der Waals surface area contributed by atoms with E-state index in [0.29, 0.717) is 27.9 Å². The zero-order valence-corrected chi connectivity index (χ0v) is 21.7. The molecule has 2 N–H and O–H groups in total. The molecule has 8 nitrogen and oxygen atoms in total. The highest BCUT2D eigenvalue weighted by atomic mass is 19.4. The number of benzene rings is 2. The summed E-state index contributed by atoms with van der Waals surface area (Å²) in [5.74, 6) is -1.93. The smallest absolute Gasteiger partial charge is 0.417 e. The van der Waals surface area contributed by atoms with Gasteiger partial charge in [-0.3, -0.25) is 9.97 Å². The fourth-order valence-corrected chi connectivity index (χ4v) is 4.59. The van der Waals surface area contributed by atoms with E-state index in [-0.39, 0.29) is 34.2 Å². The van der Waals surface area contributed by atoms with E-state index in [1.165, 1.54) is 22.9 Å². The molecule has 5 aromatic rings. The number of carboxylic acid groups (broad SMARTS) is 2. The summed E-state index contributed by atoms with van der Waals surface area (Å²) in [6.45, 7) is 3.76. The van der Waals surface area contributed by atoms with Crippen molar-refractivity contribution in [1.29, 1.82) is 0 Å². The van der Waals surface area contributed by atoms with Crippen molar-refractivity contribution in [2.24, 2.45) is 0 Å². The maximum atomic E-state index is 13.1. The standard InChI is InChI=1S/C30H22F3N3O5/c1-16(2)41-22-7-5-21(6-8-22)36-25-10-3-17(24-9-4-20(15-35-24)30(31,32)33)12-23(25)26(27(36)29(39)40)18-11-19(28(37)38)14-34-13-18/h3-16H,1-2H3,(H,37,38)(H,39,40). The van der Waals surface area contributed by atoms with Crippen molar-refractivity contribution in [3.05, 3.63) is 96.1 Å². The van der Waals surface area contributed by atoms with E-state index in [0.717, 1.165) is 18.5 Å². The number of hydrogen-bond acceptors (Lipinski definition) is 5. The third-order valence-electron chi connectivity index (χ3n) is 6.30. The van der Waals surface area contributed by atoms with Crippen LogP contribution in [0, 0.1) is 0 Å². The number of halogens is 3. The monoisotopic (exact) mass is 561 g/mol. The molecule has 0 saturated heterocycles. The van der Waals surface area contributed by atoms with Gasteiger partial charge in [-0.15, -0.1) is 0 Å². The zero-order chi connectivity index (χ0) is 29.5. The first-order chi connectivity index (χ1) is 19.4. The van der Waals surface area contributed by atoms with Gasteiger partial charge in [0.25, 0.3) is 0 Å². The zero-order valence-electron chi connectivity index (χ0n) is 21.7. The number of pyridine rings is 2. The van der Waals surface area contributed by atoms with Crippen LogP contribution in [-0.2, 0) is 6.18 Å². The summed E-state index contributed by atoms with van der Waals surface area (Å²) in [6, 6.07) is 15.2. The van der Waals surface area contributed by atoms with Crippen LogP contribution in [0.1, 0.15) is 40.3 Å². The third kappa shape index (κ3) is 5.33. The Kier molecular flexibility index (Phi) is 6.96. The Morgan fingerprint density at radius 1 is 0.878 bits per heavy atom. The second kappa shape index (κ2) is 10.4. The predicted octanol–water partition coefficient (Wildman–Crippen LogP) is 6.96. The second-order valence-electron chi connectivity index (χ2n) is 9.45. The van der Waals surface area contributed by atoms with E-state index in [1.807, 2.05) is 13.8 Å². The summed E-state index contributed by atoms with van der Waals surface area (Å²) < 4.78 is 46.5. The van der Waals surface area contributed by atoms with Crippen LogP contribution < -0.4 is 4.74 Å². The van der Waals surface area contributed by atoms with Crippen LogP contribution >= 0.6 is 0 Å². The first-order valence-electron chi connectivity index (χ1n) is 12.3. The molecule has 0 unspecified atom stereocenters. The number of aromatic nitrogens is 3. The van der Waals surface area contributed by atoms with Crippen LogP contribution in [0.4, 0.5) is 13.2 Å². The molecule has 0 aliphatic heterocycles. The maximum Gasteiger partial charge on any atom is 0.417 e. The minimum absolute atomic E-state index is 0.0688. The van der Waals surface area contributed by atoms with Crippen LogP contribution in [0.3, 0.4) is 0 Å². The van der Waals surface area contributed by atoms with E-state index in [2.05, 4.69) is 9.97 Å². The fraction of sp³-hybridized carbons (Fsp3) is 0.133. The molecule has 5 rings (SSSR count). The molecule has 2 aromatic carbocycles. The van der Waals surface area contributed by atoms with Gasteiger partial charge in [-0.1, -0.05) is 6.07 Å². The van der Waals surface area contributed by atoms with Crippen molar-refractivity contribution in [1.82, 2.24) is 14.5 Å². The van der Waals surface area contributed by atoms with Gasteiger partial charge in [0.15, 0.2) is 0 Å². The highest BCUT2D eigenvalue weighted by molar-refractivity contribution is 6.10. The molecule has 3 heterocycles. The molecular weight excluding hydrogens is 539 g/mol. The largest absolute Gasteiger partial charge is 0.491 e. The number of rotatable bonds is 7. The molecule has 208 valence electrons. The van der Waals surface area contributed by atoms with Gasteiger partial charge in [0.2, 0.25) is 0 Å². The molecule has 0 aliphatic rings. The Morgan fingerprint density at radius 3 is 2.20 bits per heavy atom. The molecule has 0 amide bonds. The molecule has 0 aliphatic carbocycles. The van der Waals surface area contributed by atoms with Gasteiger partial charge in [0.05, 0.1) is 28.4 Å². The third-order valence-corrected chi connectivity index (χ3v) is 6.30. The SMILES string of the molecule is CC(C)Oc1ccc(-n2c(C(=O)O)c(-c3cncc(C(=O)O)c3)c3cc(-c4ccc(C(F)(F)F)cn4)ccc32)cc1. The summed E-state index contributed by atoms with van der Waals surface area (Å²) in [7, 11) is 0. The molecule has 41 heavy (non-hydrogen) atoms. The van der Waals surface area contributed by atoms with Crippen molar-refractivity contribution in [3.8, 4) is 33.8 Å². The second-order valence-corrected chi connectivity index (χ2v) is 9.45. The van der Waals surface area contributed by atoms with E-state index >= 15 is 0 Å². The summed E-state index contributed by atoms with van der Waals surface area (Å²) in [4.78, 5) is 32.4. The van der Waals surface area contributed by atoms with Gasteiger partial charge in [-0.05, 0) is 68.4 Å². The Bertz CT molecular complexity index is 1780. The number of alkyl halides is 3. The van der Waals surface area contributed by atoms with Gasteiger partial charge in [-0.2, -0.15) is 13.2 Å². The molecule has 0 radical (unpaired) electrons. The van der Waals surface area contributed by atoms with E-state index in [1.54, 1.807) is 42.5 Å². The summed E-state index contributed by atoms with van der Waals surface area (Å²) >= 11 is 0. The average Bonchev–Trinajstić information content (AvgIpc) is 3.28. The van der Waals surface area contributed by atoms with Gasteiger partial charge in [0, 0.05) is 46.4 Å². The first kappa shape index (κ1) is 27.4. The lowest BCUT2D eigenvalue weighted by atomic mass is 9.99.